The number of carboxylic acid groups (broad SMARTS) is 1. The van der Waals surface area contributed by atoms with Crippen molar-refractivity contribution in [3.63, 3.8) is 0 Å². The van der Waals surface area contributed by atoms with Crippen molar-refractivity contribution in [2.45, 2.75) is 103 Å². The Kier molecular flexibility index (Phi) is 29.8. The van der Waals surface area contributed by atoms with E-state index in [-0.39, 0.29) is 25.4 Å². The number of hydrogen-bond acceptors (Lipinski definition) is 7. The number of unbranched alkanes of at least 4 members (excludes halogenated alkanes) is 11. The molecule has 0 radical (unpaired) electrons. The van der Waals surface area contributed by atoms with Crippen LogP contribution in [0.1, 0.15) is 118 Å². The van der Waals surface area contributed by atoms with Crippen molar-refractivity contribution in [1.29, 1.82) is 0 Å². The monoisotopic (exact) mass is 681 g/mol. The topological polar surface area (TPSA) is 120 Å². The van der Waals surface area contributed by atoms with Gasteiger partial charge in [0.15, 0.2) is 5.78 Å². The molecule has 0 saturated heterocycles. The lowest BCUT2D eigenvalue weighted by Gasteiger charge is -2.11. The van der Waals surface area contributed by atoms with E-state index in [1.165, 1.54) is 64.0 Å². The maximum Gasteiger partial charge on any atom is 0.307 e. The SMILES string of the molecule is C=C.C=C.CCCCCCCCCCCCCCC(CC(=O)N/C=C/OOOCCOCc1ccc(C(=O)c2ccccc2)cc1)C(=O)O. The lowest BCUT2D eigenvalue weighted by atomic mass is 9.96. The maximum atomic E-state index is 12.5. The molecule has 1 amide bonds. The molecule has 0 spiro atoms. The highest BCUT2D eigenvalue weighted by Crippen LogP contribution is 2.17. The fourth-order valence-electron chi connectivity index (χ4n) is 4.86. The molecule has 1 unspecified atom stereocenters. The van der Waals surface area contributed by atoms with Crippen molar-refractivity contribution in [2.24, 2.45) is 5.92 Å². The van der Waals surface area contributed by atoms with E-state index in [4.69, 9.17) is 14.5 Å². The summed E-state index contributed by atoms with van der Waals surface area (Å²) in [6, 6.07) is 16.3. The van der Waals surface area contributed by atoms with E-state index in [0.29, 0.717) is 24.2 Å². The van der Waals surface area contributed by atoms with Crippen LogP contribution < -0.4 is 5.32 Å². The predicted molar refractivity (Wildman–Crippen MR) is 195 cm³/mol. The third-order valence-electron chi connectivity index (χ3n) is 7.47. The van der Waals surface area contributed by atoms with Gasteiger partial charge in [0.25, 0.3) is 0 Å². The van der Waals surface area contributed by atoms with Crippen LogP contribution in [0.25, 0.3) is 0 Å². The van der Waals surface area contributed by atoms with Crippen molar-refractivity contribution in [1.82, 2.24) is 5.32 Å². The van der Waals surface area contributed by atoms with E-state index in [9.17, 15) is 19.5 Å². The summed E-state index contributed by atoms with van der Waals surface area (Å²) in [6.07, 6.45) is 17.3. The van der Waals surface area contributed by atoms with Gasteiger partial charge in [0.05, 0.1) is 19.1 Å². The lowest BCUT2D eigenvalue weighted by molar-refractivity contribution is -0.491. The van der Waals surface area contributed by atoms with Crippen LogP contribution in [0.2, 0.25) is 0 Å². The van der Waals surface area contributed by atoms with Crippen molar-refractivity contribution in [2.75, 3.05) is 13.2 Å². The second-order valence-corrected chi connectivity index (χ2v) is 11.2. The number of ether oxygens (including phenoxy) is 1. The second kappa shape index (κ2) is 32.5. The molecule has 0 heterocycles. The Balaban J connectivity index is 0.00000554. The molecule has 0 fully saturated rings. The molecular weight excluding hydrogens is 622 g/mol. The molecule has 49 heavy (non-hydrogen) atoms. The molecule has 0 aliphatic rings. The van der Waals surface area contributed by atoms with Gasteiger partial charge < -0.3 is 20.0 Å². The summed E-state index contributed by atoms with van der Waals surface area (Å²) < 4.78 is 5.53. The summed E-state index contributed by atoms with van der Waals surface area (Å²) in [7, 11) is 0. The molecule has 0 aliphatic heterocycles. The van der Waals surface area contributed by atoms with Gasteiger partial charge >= 0.3 is 5.97 Å². The quantitative estimate of drug-likeness (QED) is 0.0239. The fourth-order valence-corrected chi connectivity index (χ4v) is 4.86. The van der Waals surface area contributed by atoms with Crippen LogP contribution in [-0.2, 0) is 35.7 Å². The zero-order valence-electron chi connectivity index (χ0n) is 29.6. The first kappa shape index (κ1) is 45.0. The van der Waals surface area contributed by atoms with Crippen LogP contribution in [0.15, 0.2) is 93.4 Å². The zero-order chi connectivity index (χ0) is 36.4. The Labute approximate surface area is 294 Å². The van der Waals surface area contributed by atoms with E-state index in [1.807, 2.05) is 30.3 Å². The number of carboxylic acids is 1. The van der Waals surface area contributed by atoms with Gasteiger partial charge in [0.1, 0.15) is 12.9 Å². The summed E-state index contributed by atoms with van der Waals surface area (Å²) >= 11 is 0. The van der Waals surface area contributed by atoms with Gasteiger partial charge in [-0.05, 0) is 17.0 Å². The first-order valence-electron chi connectivity index (χ1n) is 17.4. The molecule has 0 bridgehead atoms. The number of amides is 1. The molecule has 9 heteroatoms. The standard InChI is InChI=1S/C36H51NO8.2C2H4/c1-2-3-4-5-6-7-8-9-10-11-12-14-19-33(36(40)41)28-34(38)37-24-25-43-45-44-27-26-42-29-30-20-22-32(23-21-30)35(39)31-17-15-13-16-18-31;2*1-2/h13,15-18,20-25,33H,2-12,14,19,26-29H2,1H3,(H,37,38)(H,40,41);2*1-2H2/b25-24+;;. The van der Waals surface area contributed by atoms with Crippen LogP contribution in [0, 0.1) is 5.92 Å². The smallest absolute Gasteiger partial charge is 0.307 e. The van der Waals surface area contributed by atoms with Crippen molar-refractivity contribution >= 4 is 17.7 Å². The third-order valence-corrected chi connectivity index (χ3v) is 7.47. The molecule has 2 aromatic carbocycles. The van der Waals surface area contributed by atoms with Crippen LogP contribution in [0.3, 0.4) is 0 Å². The molecule has 2 N–H and O–H groups in total. The van der Waals surface area contributed by atoms with E-state index in [2.05, 4.69) is 43.6 Å². The Morgan fingerprint density at radius 2 is 1.31 bits per heavy atom. The van der Waals surface area contributed by atoms with Gasteiger partial charge in [-0.1, -0.05) is 139 Å². The molecule has 9 nitrogen and oxygen atoms in total. The number of aliphatic carboxylic acids is 1. The summed E-state index contributed by atoms with van der Waals surface area (Å²) in [5.41, 5.74) is 2.17. The minimum Gasteiger partial charge on any atom is -0.481 e. The number of hydrogen-bond donors (Lipinski definition) is 2. The summed E-state index contributed by atoms with van der Waals surface area (Å²) in [6.45, 7) is 14.9. The molecule has 2 aromatic rings. The van der Waals surface area contributed by atoms with Crippen molar-refractivity contribution in [3.05, 3.63) is 110 Å². The van der Waals surface area contributed by atoms with Gasteiger partial charge in [-0.3, -0.25) is 14.4 Å². The van der Waals surface area contributed by atoms with Gasteiger partial charge in [0.2, 0.25) is 5.91 Å². The van der Waals surface area contributed by atoms with E-state index >= 15 is 0 Å². The number of carbonyl (C=O) groups is 3. The van der Waals surface area contributed by atoms with E-state index in [1.54, 1.807) is 24.3 Å². The number of ketones is 1. The summed E-state index contributed by atoms with van der Waals surface area (Å²) in [5.74, 6) is -2.11. The minimum absolute atomic E-state index is 0.0308. The number of nitrogens with one attached hydrogen (secondary N) is 1. The molecule has 1 atom stereocenters. The predicted octanol–water partition coefficient (Wildman–Crippen LogP) is 9.69. The first-order valence-corrected chi connectivity index (χ1v) is 17.4. The van der Waals surface area contributed by atoms with Crippen molar-refractivity contribution < 1.29 is 39.0 Å². The van der Waals surface area contributed by atoms with Crippen molar-refractivity contribution in [3.8, 4) is 0 Å². The van der Waals surface area contributed by atoms with Gasteiger partial charge in [-0.15, -0.1) is 26.3 Å². The van der Waals surface area contributed by atoms with Crippen LogP contribution in [0.4, 0.5) is 0 Å². The minimum atomic E-state index is -0.956. The molecule has 0 aromatic heterocycles. The van der Waals surface area contributed by atoms with E-state index in [0.717, 1.165) is 31.1 Å². The third kappa shape index (κ3) is 23.8. The normalized spacial score (nSPS) is 11.0. The fraction of sp³-hybridized carbons (Fsp3) is 0.475. The lowest BCUT2D eigenvalue weighted by Crippen LogP contribution is -2.25. The van der Waals surface area contributed by atoms with Gasteiger partial charge in [-0.25, -0.2) is 0 Å². The van der Waals surface area contributed by atoms with Gasteiger partial charge in [-0.2, -0.15) is 4.89 Å². The van der Waals surface area contributed by atoms with Crippen LogP contribution in [-0.4, -0.2) is 36.0 Å². The largest absolute Gasteiger partial charge is 0.481 e. The number of carbonyl (C=O) groups excluding carboxylic acids is 2. The molecule has 2 rings (SSSR count). The average molecular weight is 682 g/mol. The van der Waals surface area contributed by atoms with Gasteiger partial charge in [0, 0.05) is 23.7 Å². The Bertz CT molecular complexity index is 1130. The molecule has 0 aliphatic carbocycles. The summed E-state index contributed by atoms with van der Waals surface area (Å²) in [4.78, 5) is 45.7. The number of benzene rings is 2. The van der Waals surface area contributed by atoms with E-state index < -0.39 is 17.8 Å². The summed E-state index contributed by atoms with van der Waals surface area (Å²) in [5, 5.41) is 16.5. The highest BCUT2D eigenvalue weighted by atomic mass is 17.5. The van der Waals surface area contributed by atoms with Crippen LogP contribution in [0.5, 0.6) is 0 Å². The van der Waals surface area contributed by atoms with Crippen LogP contribution >= 0.6 is 0 Å². The Morgan fingerprint density at radius 3 is 1.88 bits per heavy atom. The molecule has 0 saturated carbocycles. The molecule has 272 valence electrons. The maximum absolute atomic E-state index is 12.5. The second-order valence-electron chi connectivity index (χ2n) is 11.2. The Hall–Kier alpha value is -4.05. The highest BCUT2D eigenvalue weighted by Gasteiger charge is 2.20. The molecular formula is C40H59NO8. The number of rotatable bonds is 27. The Morgan fingerprint density at radius 1 is 0.755 bits per heavy atom. The first-order chi connectivity index (χ1) is 24.0. The zero-order valence-corrected chi connectivity index (χ0v) is 29.6. The average Bonchev–Trinajstić information content (AvgIpc) is 3.14. The highest BCUT2D eigenvalue weighted by molar-refractivity contribution is 6.08.